The molecule has 0 atom stereocenters. The molecule has 5 heteroatoms. The molecule has 0 saturated heterocycles. The summed E-state index contributed by atoms with van der Waals surface area (Å²) in [5.41, 5.74) is 1.99. The molecule has 0 amide bonds. The summed E-state index contributed by atoms with van der Waals surface area (Å²) < 4.78 is 1.70. The van der Waals surface area contributed by atoms with E-state index >= 15 is 0 Å². The zero-order valence-electron chi connectivity index (χ0n) is 9.33. The summed E-state index contributed by atoms with van der Waals surface area (Å²) in [7, 11) is 0. The lowest BCUT2D eigenvalue weighted by Gasteiger charge is -2.06. The molecule has 3 aromatic rings. The van der Waals surface area contributed by atoms with Gasteiger partial charge < -0.3 is 5.32 Å². The number of para-hydroxylation sites is 1. The first-order chi connectivity index (χ1) is 8.33. The monoisotopic (exact) mass is 225 g/mol. The van der Waals surface area contributed by atoms with E-state index in [2.05, 4.69) is 20.4 Å². The second-order valence-corrected chi connectivity index (χ2v) is 3.75. The van der Waals surface area contributed by atoms with Gasteiger partial charge in [-0.15, -0.1) is 0 Å². The molecule has 0 aliphatic heterocycles. The molecule has 0 aliphatic rings. The van der Waals surface area contributed by atoms with Crippen LogP contribution in [0, 0.1) is 6.92 Å². The highest BCUT2D eigenvalue weighted by Crippen LogP contribution is 2.15. The zero-order chi connectivity index (χ0) is 11.7. The number of hydrogen-bond acceptors (Lipinski definition) is 4. The van der Waals surface area contributed by atoms with Crippen molar-refractivity contribution in [1.82, 2.24) is 19.6 Å². The average Bonchev–Trinajstić information content (AvgIpc) is 2.79. The van der Waals surface area contributed by atoms with E-state index in [1.807, 2.05) is 43.3 Å². The number of aromatic nitrogens is 4. The van der Waals surface area contributed by atoms with Gasteiger partial charge in [-0.05, 0) is 19.1 Å². The molecule has 0 fully saturated rings. The summed E-state index contributed by atoms with van der Waals surface area (Å²) in [4.78, 5) is 8.45. The van der Waals surface area contributed by atoms with Crippen LogP contribution in [0.3, 0.4) is 0 Å². The van der Waals surface area contributed by atoms with Crippen molar-refractivity contribution in [3.8, 4) is 0 Å². The molecular formula is C12H11N5. The van der Waals surface area contributed by atoms with Gasteiger partial charge in [0.1, 0.15) is 12.1 Å². The Balaban J connectivity index is 2.01. The normalized spacial score (nSPS) is 10.6. The third-order valence-corrected chi connectivity index (χ3v) is 2.48. The van der Waals surface area contributed by atoms with E-state index in [1.165, 1.54) is 6.33 Å². The molecule has 0 bridgehead atoms. The molecule has 2 heterocycles. The highest BCUT2D eigenvalue weighted by atomic mass is 15.3. The van der Waals surface area contributed by atoms with Crippen LogP contribution in [0.1, 0.15) is 5.69 Å². The molecule has 1 aromatic carbocycles. The molecule has 0 unspecified atom stereocenters. The molecule has 2 aromatic heterocycles. The van der Waals surface area contributed by atoms with E-state index in [0.29, 0.717) is 5.78 Å². The first-order valence-corrected chi connectivity index (χ1v) is 5.32. The first-order valence-electron chi connectivity index (χ1n) is 5.32. The molecule has 0 spiro atoms. The highest BCUT2D eigenvalue weighted by molar-refractivity contribution is 5.57. The molecule has 84 valence electrons. The second kappa shape index (κ2) is 3.86. The van der Waals surface area contributed by atoms with Gasteiger partial charge in [-0.2, -0.15) is 15.1 Å². The summed E-state index contributed by atoms with van der Waals surface area (Å²) in [5, 5.41) is 7.32. The fourth-order valence-corrected chi connectivity index (χ4v) is 1.69. The van der Waals surface area contributed by atoms with Gasteiger partial charge in [-0.25, -0.2) is 4.52 Å². The Hall–Kier alpha value is -2.43. The van der Waals surface area contributed by atoms with Gasteiger partial charge in [0.15, 0.2) is 0 Å². The molecule has 0 radical (unpaired) electrons. The van der Waals surface area contributed by atoms with Crippen molar-refractivity contribution < 1.29 is 0 Å². The average molecular weight is 225 g/mol. The lowest BCUT2D eigenvalue weighted by atomic mass is 10.3. The van der Waals surface area contributed by atoms with E-state index in [0.717, 1.165) is 17.2 Å². The van der Waals surface area contributed by atoms with Gasteiger partial charge in [0.2, 0.25) is 0 Å². The smallest absolute Gasteiger partial charge is 0.254 e. The van der Waals surface area contributed by atoms with Crippen molar-refractivity contribution in [3.63, 3.8) is 0 Å². The Morgan fingerprint density at radius 1 is 1.18 bits per heavy atom. The predicted octanol–water partition coefficient (Wildman–Crippen LogP) is 2.18. The van der Waals surface area contributed by atoms with Crippen LogP contribution in [-0.2, 0) is 0 Å². The van der Waals surface area contributed by atoms with Crippen LogP contribution < -0.4 is 5.32 Å². The van der Waals surface area contributed by atoms with Crippen molar-refractivity contribution in [2.24, 2.45) is 0 Å². The van der Waals surface area contributed by atoms with Gasteiger partial charge in [0.25, 0.3) is 5.78 Å². The fourth-order valence-electron chi connectivity index (χ4n) is 1.69. The maximum atomic E-state index is 4.37. The zero-order valence-corrected chi connectivity index (χ0v) is 9.33. The van der Waals surface area contributed by atoms with Crippen molar-refractivity contribution >= 4 is 17.3 Å². The molecule has 3 rings (SSSR count). The predicted molar refractivity (Wildman–Crippen MR) is 65.2 cm³/mol. The van der Waals surface area contributed by atoms with Crippen molar-refractivity contribution in [1.29, 1.82) is 0 Å². The summed E-state index contributed by atoms with van der Waals surface area (Å²) >= 11 is 0. The molecule has 0 aliphatic carbocycles. The number of nitrogens with zero attached hydrogens (tertiary/aromatic N) is 4. The largest absolute Gasteiger partial charge is 0.340 e. The van der Waals surface area contributed by atoms with Gasteiger partial charge in [0, 0.05) is 17.4 Å². The fraction of sp³-hybridized carbons (Fsp3) is 0.0833. The van der Waals surface area contributed by atoms with Crippen LogP contribution in [0.25, 0.3) is 5.78 Å². The van der Waals surface area contributed by atoms with Gasteiger partial charge in [-0.3, -0.25) is 0 Å². The maximum Gasteiger partial charge on any atom is 0.254 e. The van der Waals surface area contributed by atoms with Crippen molar-refractivity contribution in [2.45, 2.75) is 6.92 Å². The third-order valence-electron chi connectivity index (χ3n) is 2.48. The molecule has 1 N–H and O–H groups in total. The summed E-state index contributed by atoms with van der Waals surface area (Å²) in [5.74, 6) is 1.37. The first kappa shape index (κ1) is 9.77. The lowest BCUT2D eigenvalue weighted by Crippen LogP contribution is -2.00. The van der Waals surface area contributed by atoms with Gasteiger partial charge in [0.05, 0.1) is 0 Å². The van der Waals surface area contributed by atoms with Gasteiger partial charge >= 0.3 is 0 Å². The van der Waals surface area contributed by atoms with E-state index in [9.17, 15) is 0 Å². The van der Waals surface area contributed by atoms with E-state index in [1.54, 1.807) is 4.52 Å². The summed E-state index contributed by atoms with van der Waals surface area (Å²) in [6.45, 7) is 1.97. The number of aryl methyl sites for hydroxylation is 1. The number of rotatable bonds is 2. The van der Waals surface area contributed by atoms with E-state index < -0.39 is 0 Å². The van der Waals surface area contributed by atoms with Crippen molar-refractivity contribution in [3.05, 3.63) is 48.4 Å². The Labute approximate surface area is 98.1 Å². The minimum absolute atomic E-state index is 0.600. The van der Waals surface area contributed by atoms with Crippen LogP contribution in [0.2, 0.25) is 0 Å². The lowest BCUT2D eigenvalue weighted by molar-refractivity contribution is 0.896. The molecule has 5 nitrogen and oxygen atoms in total. The number of fused-ring (bicyclic) bond motifs is 1. The number of anilines is 2. The Morgan fingerprint density at radius 3 is 2.82 bits per heavy atom. The Bertz CT molecular complexity index is 644. The molecule has 0 saturated carbocycles. The minimum atomic E-state index is 0.600. The molecular weight excluding hydrogens is 214 g/mol. The number of nitrogens with one attached hydrogen (secondary N) is 1. The Kier molecular flexibility index (Phi) is 2.22. The summed E-state index contributed by atoms with van der Waals surface area (Å²) in [6.07, 6.45) is 1.50. The van der Waals surface area contributed by atoms with Crippen LogP contribution in [-0.4, -0.2) is 19.6 Å². The summed E-state index contributed by atoms with van der Waals surface area (Å²) in [6, 6.07) is 11.9. The third kappa shape index (κ3) is 1.82. The van der Waals surface area contributed by atoms with E-state index in [-0.39, 0.29) is 0 Å². The molecule has 17 heavy (non-hydrogen) atoms. The van der Waals surface area contributed by atoms with E-state index in [4.69, 9.17) is 0 Å². The van der Waals surface area contributed by atoms with Crippen LogP contribution in [0.5, 0.6) is 0 Å². The minimum Gasteiger partial charge on any atom is -0.340 e. The topological polar surface area (TPSA) is 55.1 Å². The van der Waals surface area contributed by atoms with Gasteiger partial charge in [-0.1, -0.05) is 18.2 Å². The number of hydrogen-bond donors (Lipinski definition) is 1. The number of benzene rings is 1. The van der Waals surface area contributed by atoms with Crippen LogP contribution in [0.4, 0.5) is 11.5 Å². The van der Waals surface area contributed by atoms with Crippen molar-refractivity contribution in [2.75, 3.05) is 5.32 Å². The SMILES string of the molecule is Cc1cc(Nc2ccccc2)nc2ncnn12. The maximum absolute atomic E-state index is 4.37. The second-order valence-electron chi connectivity index (χ2n) is 3.75. The van der Waals surface area contributed by atoms with Crippen LogP contribution >= 0.6 is 0 Å². The van der Waals surface area contributed by atoms with Crippen LogP contribution in [0.15, 0.2) is 42.7 Å². The highest BCUT2D eigenvalue weighted by Gasteiger charge is 2.03. The standard InChI is InChI=1S/C12H11N5/c1-9-7-11(15-10-5-3-2-4-6-10)16-12-13-8-14-17(9)12/h2-8H,1H3,(H,13,14,15,16). The Morgan fingerprint density at radius 2 is 2.00 bits per heavy atom. The quantitative estimate of drug-likeness (QED) is 0.726.